The quantitative estimate of drug-likeness (QED) is 0.590. The average Bonchev–Trinajstić information content (AvgIpc) is 2.89. The standard InChI is InChI=1S/C18H18ClNO/c1-10(2)13-5-7-14(8-6-13)18-20-17-12(4)16(19)11(3)9-15(17)21-18/h5-10H,1-4H3. The van der Waals surface area contributed by atoms with E-state index in [4.69, 9.17) is 16.0 Å². The fraction of sp³-hybridized carbons (Fsp3) is 0.278. The van der Waals surface area contributed by atoms with Crippen molar-refractivity contribution in [2.75, 3.05) is 0 Å². The van der Waals surface area contributed by atoms with Gasteiger partial charge in [-0.25, -0.2) is 4.98 Å². The van der Waals surface area contributed by atoms with E-state index in [1.54, 1.807) is 0 Å². The lowest BCUT2D eigenvalue weighted by Gasteiger charge is -2.04. The molecule has 0 unspecified atom stereocenters. The lowest BCUT2D eigenvalue weighted by molar-refractivity contribution is 0.619. The lowest BCUT2D eigenvalue weighted by Crippen LogP contribution is -1.86. The Morgan fingerprint density at radius 3 is 2.38 bits per heavy atom. The number of halogens is 1. The topological polar surface area (TPSA) is 26.0 Å². The number of benzene rings is 2. The minimum absolute atomic E-state index is 0.520. The maximum absolute atomic E-state index is 6.29. The molecule has 0 fully saturated rings. The third-order valence-corrected chi connectivity index (χ3v) is 4.44. The molecule has 0 spiro atoms. The second-order valence-electron chi connectivity index (χ2n) is 5.77. The predicted octanol–water partition coefficient (Wildman–Crippen LogP) is 5.89. The number of fused-ring (bicyclic) bond motifs is 1. The highest BCUT2D eigenvalue weighted by Gasteiger charge is 2.14. The normalized spacial score (nSPS) is 11.5. The summed E-state index contributed by atoms with van der Waals surface area (Å²) in [4.78, 5) is 4.61. The van der Waals surface area contributed by atoms with Gasteiger partial charge in [-0.05, 0) is 54.7 Å². The molecule has 0 saturated heterocycles. The zero-order valence-corrected chi connectivity index (χ0v) is 13.5. The Hall–Kier alpha value is -1.80. The Morgan fingerprint density at radius 1 is 1.10 bits per heavy atom. The number of oxazole rings is 1. The van der Waals surface area contributed by atoms with Crippen molar-refractivity contribution in [1.29, 1.82) is 0 Å². The van der Waals surface area contributed by atoms with Crippen molar-refractivity contribution in [3.63, 3.8) is 0 Å². The first-order chi connectivity index (χ1) is 9.97. The van der Waals surface area contributed by atoms with Crippen LogP contribution >= 0.6 is 11.6 Å². The van der Waals surface area contributed by atoms with Crippen LogP contribution in [0.15, 0.2) is 34.7 Å². The van der Waals surface area contributed by atoms with Crippen molar-refractivity contribution in [3.05, 3.63) is 52.0 Å². The third-order valence-electron chi connectivity index (χ3n) is 3.86. The van der Waals surface area contributed by atoms with E-state index in [-0.39, 0.29) is 0 Å². The summed E-state index contributed by atoms with van der Waals surface area (Å²) in [5.41, 5.74) is 5.92. The Labute approximate surface area is 129 Å². The highest BCUT2D eigenvalue weighted by Crippen LogP contribution is 2.32. The van der Waals surface area contributed by atoms with Gasteiger partial charge in [-0.3, -0.25) is 0 Å². The lowest BCUT2D eigenvalue weighted by atomic mass is 10.0. The van der Waals surface area contributed by atoms with Crippen LogP contribution in [0.5, 0.6) is 0 Å². The Kier molecular flexibility index (Phi) is 3.50. The summed E-state index contributed by atoms with van der Waals surface area (Å²) in [6.45, 7) is 8.32. The van der Waals surface area contributed by atoms with Crippen LogP contribution in [0.2, 0.25) is 5.02 Å². The van der Waals surface area contributed by atoms with Crippen LogP contribution in [-0.4, -0.2) is 4.98 Å². The SMILES string of the molecule is Cc1cc2oc(-c3ccc(C(C)C)cc3)nc2c(C)c1Cl. The molecule has 0 aliphatic rings. The van der Waals surface area contributed by atoms with Gasteiger partial charge >= 0.3 is 0 Å². The van der Waals surface area contributed by atoms with E-state index in [0.717, 1.165) is 32.8 Å². The number of hydrogen-bond donors (Lipinski definition) is 0. The summed E-state index contributed by atoms with van der Waals surface area (Å²) < 4.78 is 5.90. The van der Waals surface area contributed by atoms with Crippen LogP contribution < -0.4 is 0 Å². The van der Waals surface area contributed by atoms with E-state index >= 15 is 0 Å². The van der Waals surface area contributed by atoms with Gasteiger partial charge in [0.15, 0.2) is 5.58 Å². The van der Waals surface area contributed by atoms with Gasteiger partial charge in [0.1, 0.15) is 5.52 Å². The minimum Gasteiger partial charge on any atom is -0.436 e. The van der Waals surface area contributed by atoms with E-state index in [1.807, 2.05) is 19.9 Å². The van der Waals surface area contributed by atoms with Crippen molar-refractivity contribution in [2.24, 2.45) is 0 Å². The van der Waals surface area contributed by atoms with Crippen molar-refractivity contribution in [2.45, 2.75) is 33.6 Å². The highest BCUT2D eigenvalue weighted by atomic mass is 35.5. The second kappa shape index (κ2) is 5.19. The number of aryl methyl sites for hydroxylation is 2. The van der Waals surface area contributed by atoms with Gasteiger partial charge in [0.05, 0.1) is 0 Å². The van der Waals surface area contributed by atoms with Gasteiger partial charge in [0, 0.05) is 10.6 Å². The number of aromatic nitrogens is 1. The molecule has 1 heterocycles. The van der Waals surface area contributed by atoms with Crippen LogP contribution in [0.1, 0.15) is 36.5 Å². The van der Waals surface area contributed by atoms with E-state index in [1.165, 1.54) is 5.56 Å². The van der Waals surface area contributed by atoms with Gasteiger partial charge in [0.25, 0.3) is 0 Å². The van der Waals surface area contributed by atoms with Crippen molar-refractivity contribution in [1.82, 2.24) is 4.98 Å². The molecule has 0 atom stereocenters. The molecule has 0 bridgehead atoms. The molecule has 0 aliphatic heterocycles. The maximum atomic E-state index is 6.29. The fourth-order valence-corrected chi connectivity index (χ4v) is 2.64. The molecule has 3 heteroatoms. The summed E-state index contributed by atoms with van der Waals surface area (Å²) in [5, 5.41) is 0.762. The molecule has 108 valence electrons. The van der Waals surface area contributed by atoms with Gasteiger partial charge in [-0.15, -0.1) is 0 Å². The number of hydrogen-bond acceptors (Lipinski definition) is 2. The first-order valence-corrected chi connectivity index (χ1v) is 7.51. The zero-order chi connectivity index (χ0) is 15.1. The van der Waals surface area contributed by atoms with Crippen LogP contribution in [0.25, 0.3) is 22.6 Å². The first kappa shape index (κ1) is 14.2. The molecule has 21 heavy (non-hydrogen) atoms. The smallest absolute Gasteiger partial charge is 0.227 e. The van der Waals surface area contributed by atoms with Gasteiger partial charge in [0.2, 0.25) is 5.89 Å². The largest absolute Gasteiger partial charge is 0.436 e. The summed E-state index contributed by atoms with van der Waals surface area (Å²) in [5.74, 6) is 1.16. The first-order valence-electron chi connectivity index (χ1n) is 7.14. The van der Waals surface area contributed by atoms with Crippen LogP contribution in [0, 0.1) is 13.8 Å². The third kappa shape index (κ3) is 2.44. The monoisotopic (exact) mass is 299 g/mol. The summed E-state index contributed by atoms with van der Waals surface area (Å²) in [6, 6.07) is 10.3. The maximum Gasteiger partial charge on any atom is 0.227 e. The molecule has 3 rings (SSSR count). The van der Waals surface area contributed by atoms with Crippen LogP contribution in [0.4, 0.5) is 0 Å². The Bertz CT molecular complexity index is 800. The van der Waals surface area contributed by atoms with E-state index < -0.39 is 0 Å². The molecule has 0 radical (unpaired) electrons. The molecular weight excluding hydrogens is 282 g/mol. The van der Waals surface area contributed by atoms with Gasteiger partial charge in [-0.1, -0.05) is 37.6 Å². The van der Waals surface area contributed by atoms with Gasteiger partial charge < -0.3 is 4.42 Å². The van der Waals surface area contributed by atoms with Crippen LogP contribution in [0.3, 0.4) is 0 Å². The molecule has 0 saturated carbocycles. The van der Waals surface area contributed by atoms with E-state index in [2.05, 4.69) is 43.1 Å². The van der Waals surface area contributed by atoms with E-state index in [9.17, 15) is 0 Å². The molecule has 2 aromatic carbocycles. The van der Waals surface area contributed by atoms with Crippen molar-refractivity contribution < 1.29 is 4.42 Å². The fourth-order valence-electron chi connectivity index (χ4n) is 2.49. The Morgan fingerprint density at radius 2 is 1.76 bits per heavy atom. The predicted molar refractivity (Wildman–Crippen MR) is 88.0 cm³/mol. The number of rotatable bonds is 2. The number of nitrogens with zero attached hydrogens (tertiary/aromatic N) is 1. The van der Waals surface area contributed by atoms with Crippen molar-refractivity contribution in [3.8, 4) is 11.5 Å². The Balaban J connectivity index is 2.11. The van der Waals surface area contributed by atoms with E-state index in [0.29, 0.717) is 11.8 Å². The molecule has 0 amide bonds. The summed E-state index contributed by atoms with van der Waals surface area (Å²) in [6.07, 6.45) is 0. The zero-order valence-electron chi connectivity index (χ0n) is 12.7. The molecule has 0 N–H and O–H groups in total. The highest BCUT2D eigenvalue weighted by molar-refractivity contribution is 6.33. The summed E-state index contributed by atoms with van der Waals surface area (Å²) in [7, 11) is 0. The molecule has 2 nitrogen and oxygen atoms in total. The van der Waals surface area contributed by atoms with Gasteiger partial charge in [-0.2, -0.15) is 0 Å². The molecular formula is C18H18ClNO. The molecule has 0 aliphatic carbocycles. The molecule has 3 aromatic rings. The van der Waals surface area contributed by atoms with Crippen molar-refractivity contribution >= 4 is 22.7 Å². The summed E-state index contributed by atoms with van der Waals surface area (Å²) >= 11 is 6.29. The molecule has 1 aromatic heterocycles. The minimum atomic E-state index is 0.520. The van der Waals surface area contributed by atoms with Crippen LogP contribution in [-0.2, 0) is 0 Å². The second-order valence-corrected chi connectivity index (χ2v) is 6.15. The average molecular weight is 300 g/mol.